The summed E-state index contributed by atoms with van der Waals surface area (Å²) in [6, 6.07) is 0. The number of esters is 1. The fraction of sp³-hybridized carbons (Fsp3) is 0.857. The van der Waals surface area contributed by atoms with E-state index in [1.807, 2.05) is 0 Å². The number of hydrogen-bond donors (Lipinski definition) is 1. The van der Waals surface area contributed by atoms with Gasteiger partial charge in [-0.1, -0.05) is 0 Å². The van der Waals surface area contributed by atoms with Crippen LogP contribution < -0.4 is 5.73 Å². The molecule has 0 aliphatic heterocycles. The number of ether oxygens (including phenoxy) is 1. The summed E-state index contributed by atoms with van der Waals surface area (Å²) in [6.45, 7) is 1.60. The van der Waals surface area contributed by atoms with Gasteiger partial charge in [-0.05, 0) is 19.9 Å². The van der Waals surface area contributed by atoms with E-state index in [4.69, 9.17) is 5.73 Å². The topological polar surface area (TPSA) is 52.3 Å². The lowest BCUT2D eigenvalue weighted by atomic mass is 10.2. The lowest BCUT2D eigenvalue weighted by Crippen LogP contribution is -2.31. The van der Waals surface area contributed by atoms with Crippen LogP contribution in [0.2, 0.25) is 0 Å². The molecule has 0 aromatic rings. The van der Waals surface area contributed by atoms with Gasteiger partial charge in [0.05, 0.1) is 6.61 Å². The summed E-state index contributed by atoms with van der Waals surface area (Å²) in [4.78, 5) is 10.6. The van der Waals surface area contributed by atoms with Gasteiger partial charge in [0.2, 0.25) is 0 Å². The SMILES string of the molecule is CCOC(=O)C(F)(F)CCCN.Cl. The highest BCUT2D eigenvalue weighted by atomic mass is 35.5. The molecule has 0 spiro atoms. The van der Waals surface area contributed by atoms with Crippen LogP contribution in [0, 0.1) is 0 Å². The molecular weight excluding hydrogens is 204 g/mol. The summed E-state index contributed by atoms with van der Waals surface area (Å²) in [7, 11) is 0. The monoisotopic (exact) mass is 217 g/mol. The van der Waals surface area contributed by atoms with Crippen LogP contribution in [0.1, 0.15) is 19.8 Å². The van der Waals surface area contributed by atoms with Gasteiger partial charge in [-0.25, -0.2) is 4.79 Å². The summed E-state index contributed by atoms with van der Waals surface area (Å²) < 4.78 is 29.5. The number of alkyl halides is 2. The Bertz CT molecular complexity index is 155. The second-order valence-corrected chi connectivity index (χ2v) is 2.32. The van der Waals surface area contributed by atoms with Crippen LogP contribution in [0.4, 0.5) is 8.78 Å². The molecule has 2 N–H and O–H groups in total. The number of carbonyl (C=O) groups is 1. The van der Waals surface area contributed by atoms with E-state index in [2.05, 4.69) is 4.74 Å². The van der Waals surface area contributed by atoms with Crippen LogP contribution in [0.15, 0.2) is 0 Å². The van der Waals surface area contributed by atoms with Gasteiger partial charge in [0, 0.05) is 6.42 Å². The molecular formula is C7H14ClF2NO2. The summed E-state index contributed by atoms with van der Waals surface area (Å²) in [5, 5.41) is 0. The maximum Gasteiger partial charge on any atom is 0.376 e. The first kappa shape index (κ1) is 15.1. The highest BCUT2D eigenvalue weighted by Gasteiger charge is 2.39. The zero-order valence-corrected chi connectivity index (χ0v) is 8.20. The largest absolute Gasteiger partial charge is 0.462 e. The van der Waals surface area contributed by atoms with Gasteiger partial charge >= 0.3 is 11.9 Å². The first-order valence-electron chi connectivity index (χ1n) is 3.79. The molecule has 0 aromatic heterocycles. The Kier molecular flexibility index (Phi) is 8.15. The number of carbonyl (C=O) groups excluding carboxylic acids is 1. The molecule has 0 aromatic carbocycles. The van der Waals surface area contributed by atoms with Gasteiger partial charge in [0.1, 0.15) is 0 Å². The fourth-order valence-corrected chi connectivity index (χ4v) is 0.663. The Morgan fingerprint density at radius 2 is 2.08 bits per heavy atom. The molecule has 0 saturated heterocycles. The minimum atomic E-state index is -3.38. The Labute approximate surface area is 82.0 Å². The fourth-order valence-electron chi connectivity index (χ4n) is 0.663. The third-order valence-electron chi connectivity index (χ3n) is 1.27. The molecule has 0 unspecified atom stereocenters. The van der Waals surface area contributed by atoms with Crippen molar-refractivity contribution in [3.05, 3.63) is 0 Å². The number of halogens is 3. The molecule has 0 aliphatic rings. The molecule has 0 fully saturated rings. The Hall–Kier alpha value is -0.420. The van der Waals surface area contributed by atoms with E-state index in [1.165, 1.54) is 6.92 Å². The van der Waals surface area contributed by atoms with E-state index in [0.717, 1.165) is 0 Å². The van der Waals surface area contributed by atoms with Crippen LogP contribution in [-0.4, -0.2) is 25.0 Å². The highest BCUT2D eigenvalue weighted by Crippen LogP contribution is 2.21. The van der Waals surface area contributed by atoms with Crippen LogP contribution in [-0.2, 0) is 9.53 Å². The molecule has 0 atom stereocenters. The van der Waals surface area contributed by atoms with Gasteiger partial charge in [0.15, 0.2) is 0 Å². The van der Waals surface area contributed by atoms with Crippen LogP contribution in [0.3, 0.4) is 0 Å². The first-order valence-corrected chi connectivity index (χ1v) is 3.79. The van der Waals surface area contributed by atoms with Gasteiger partial charge in [-0.3, -0.25) is 0 Å². The second kappa shape index (κ2) is 7.03. The van der Waals surface area contributed by atoms with Crippen molar-refractivity contribution in [1.82, 2.24) is 0 Å². The molecule has 0 bridgehead atoms. The smallest absolute Gasteiger partial charge is 0.376 e. The summed E-state index contributed by atoms with van der Waals surface area (Å²) >= 11 is 0. The van der Waals surface area contributed by atoms with E-state index < -0.39 is 18.3 Å². The van der Waals surface area contributed by atoms with Crippen molar-refractivity contribution in [2.75, 3.05) is 13.2 Å². The average Bonchev–Trinajstić information content (AvgIpc) is 2.01. The summed E-state index contributed by atoms with van der Waals surface area (Å²) in [5.74, 6) is -4.84. The molecule has 0 rings (SSSR count). The molecule has 6 heteroatoms. The van der Waals surface area contributed by atoms with Crippen molar-refractivity contribution < 1.29 is 18.3 Å². The predicted molar refractivity (Wildman–Crippen MR) is 47.1 cm³/mol. The Morgan fingerprint density at radius 3 is 2.46 bits per heavy atom. The third-order valence-corrected chi connectivity index (χ3v) is 1.27. The number of rotatable bonds is 5. The second-order valence-electron chi connectivity index (χ2n) is 2.32. The lowest BCUT2D eigenvalue weighted by Gasteiger charge is -2.13. The zero-order valence-electron chi connectivity index (χ0n) is 7.39. The van der Waals surface area contributed by atoms with Crippen molar-refractivity contribution in [1.29, 1.82) is 0 Å². The maximum atomic E-state index is 12.7. The van der Waals surface area contributed by atoms with Gasteiger partial charge < -0.3 is 10.5 Å². The molecule has 0 radical (unpaired) electrons. The molecule has 3 nitrogen and oxygen atoms in total. The van der Waals surface area contributed by atoms with E-state index in [1.54, 1.807) is 0 Å². The quantitative estimate of drug-likeness (QED) is 0.708. The Morgan fingerprint density at radius 1 is 1.54 bits per heavy atom. The highest BCUT2D eigenvalue weighted by molar-refractivity contribution is 5.85. The maximum absolute atomic E-state index is 12.7. The third kappa shape index (κ3) is 5.76. The minimum Gasteiger partial charge on any atom is -0.462 e. The Balaban J connectivity index is 0. The van der Waals surface area contributed by atoms with Crippen LogP contribution in [0.25, 0.3) is 0 Å². The van der Waals surface area contributed by atoms with Crippen LogP contribution >= 0.6 is 12.4 Å². The van der Waals surface area contributed by atoms with Crippen molar-refractivity contribution in [3.63, 3.8) is 0 Å². The van der Waals surface area contributed by atoms with Crippen molar-refractivity contribution in [2.45, 2.75) is 25.7 Å². The minimum absolute atomic E-state index is 0. The molecule has 0 amide bonds. The lowest BCUT2D eigenvalue weighted by molar-refractivity contribution is -0.172. The molecule has 80 valence electrons. The van der Waals surface area contributed by atoms with E-state index >= 15 is 0 Å². The van der Waals surface area contributed by atoms with Gasteiger partial charge in [0.25, 0.3) is 0 Å². The van der Waals surface area contributed by atoms with E-state index in [0.29, 0.717) is 0 Å². The first-order chi connectivity index (χ1) is 5.54. The number of hydrogen-bond acceptors (Lipinski definition) is 3. The van der Waals surface area contributed by atoms with Crippen molar-refractivity contribution in [2.24, 2.45) is 5.73 Å². The van der Waals surface area contributed by atoms with Crippen LogP contribution in [0.5, 0.6) is 0 Å². The normalized spacial score (nSPS) is 10.5. The summed E-state index contributed by atoms with van der Waals surface area (Å²) in [5.41, 5.74) is 5.02. The standard InChI is InChI=1S/C7H13F2NO2.ClH/c1-2-12-6(11)7(8,9)4-3-5-10;/h2-5,10H2,1H3;1H. The zero-order chi connectivity index (χ0) is 9.61. The molecule has 0 heterocycles. The van der Waals surface area contributed by atoms with E-state index in [9.17, 15) is 13.6 Å². The van der Waals surface area contributed by atoms with Gasteiger partial charge in [-0.2, -0.15) is 8.78 Å². The van der Waals surface area contributed by atoms with Crippen molar-refractivity contribution >= 4 is 18.4 Å². The average molecular weight is 218 g/mol. The molecule has 0 aliphatic carbocycles. The predicted octanol–water partition coefficient (Wildman–Crippen LogP) is 1.35. The molecule has 0 saturated carbocycles. The van der Waals surface area contributed by atoms with E-state index in [-0.39, 0.29) is 32.0 Å². The van der Waals surface area contributed by atoms with Crippen molar-refractivity contribution in [3.8, 4) is 0 Å². The number of nitrogens with two attached hydrogens (primary N) is 1. The van der Waals surface area contributed by atoms with Gasteiger partial charge in [-0.15, -0.1) is 12.4 Å². The molecule has 13 heavy (non-hydrogen) atoms. The summed E-state index contributed by atoms with van der Waals surface area (Å²) in [6.07, 6.45) is -0.422.